The number of nitrogens with one attached hydrogen (secondary N) is 2. The molecule has 0 unspecified atom stereocenters. The lowest BCUT2D eigenvalue weighted by atomic mass is 10.1. The largest absolute Gasteiger partial charge is 0.320 e. The van der Waals surface area contributed by atoms with Crippen molar-refractivity contribution in [1.82, 2.24) is 4.98 Å². The van der Waals surface area contributed by atoms with E-state index in [1.54, 1.807) is 24.3 Å². The van der Waals surface area contributed by atoms with Crippen LogP contribution in [0.2, 0.25) is 5.02 Å². The van der Waals surface area contributed by atoms with Crippen LogP contribution in [0.5, 0.6) is 0 Å². The van der Waals surface area contributed by atoms with Crippen molar-refractivity contribution in [2.24, 2.45) is 5.92 Å². The van der Waals surface area contributed by atoms with Gasteiger partial charge in [0, 0.05) is 11.5 Å². The molecule has 0 aliphatic heterocycles. The summed E-state index contributed by atoms with van der Waals surface area (Å²) in [6.07, 6.45) is 0. The number of thiazole rings is 1. The zero-order valence-corrected chi connectivity index (χ0v) is 16.2. The summed E-state index contributed by atoms with van der Waals surface area (Å²) in [5, 5.41) is 6.66. The number of amides is 2. The molecule has 0 radical (unpaired) electrons. The van der Waals surface area contributed by atoms with Crippen LogP contribution >= 0.6 is 22.9 Å². The van der Waals surface area contributed by atoms with Crippen molar-refractivity contribution in [2.45, 2.75) is 20.8 Å². The molecule has 0 bridgehead atoms. The number of hydrogen-bond donors (Lipinski definition) is 2. The Bertz CT molecular complexity index is 977. The van der Waals surface area contributed by atoms with Crippen LogP contribution < -0.4 is 10.6 Å². The third-order valence-electron chi connectivity index (χ3n) is 3.87. The molecule has 0 atom stereocenters. The third kappa shape index (κ3) is 3.86. The average Bonchev–Trinajstić information content (AvgIpc) is 2.99. The maximum absolute atomic E-state index is 12.6. The van der Waals surface area contributed by atoms with Crippen LogP contribution in [0.1, 0.15) is 29.8 Å². The predicted octanol–water partition coefficient (Wildman–Crippen LogP) is 5.10. The van der Waals surface area contributed by atoms with Gasteiger partial charge in [0.05, 0.1) is 20.9 Å². The first kappa shape index (κ1) is 18.4. The second kappa shape index (κ2) is 7.43. The van der Waals surface area contributed by atoms with Gasteiger partial charge < -0.3 is 10.6 Å². The summed E-state index contributed by atoms with van der Waals surface area (Å²) < 4.78 is 0.826. The van der Waals surface area contributed by atoms with E-state index in [0.29, 0.717) is 21.4 Å². The van der Waals surface area contributed by atoms with Crippen molar-refractivity contribution >= 4 is 55.8 Å². The fraction of sp³-hybridized carbons (Fsp3) is 0.211. The van der Waals surface area contributed by atoms with Crippen LogP contribution in [0.4, 0.5) is 10.8 Å². The fourth-order valence-corrected chi connectivity index (χ4v) is 3.52. The summed E-state index contributed by atoms with van der Waals surface area (Å²) in [5.74, 6) is -0.456. The van der Waals surface area contributed by atoms with Gasteiger partial charge >= 0.3 is 0 Å². The molecule has 0 saturated heterocycles. The highest BCUT2D eigenvalue weighted by molar-refractivity contribution is 7.22. The SMILES string of the molecule is Cc1cccc(Cl)c1NC(=O)c1ccc2nc(NC(=O)C(C)C)sc2c1. The van der Waals surface area contributed by atoms with Gasteiger partial charge in [0.15, 0.2) is 5.13 Å². The minimum absolute atomic E-state index is 0.0868. The number of benzene rings is 2. The van der Waals surface area contributed by atoms with Gasteiger partial charge in [0.25, 0.3) is 5.91 Å². The number of aryl methyl sites for hydroxylation is 1. The Morgan fingerprint density at radius 2 is 1.92 bits per heavy atom. The van der Waals surface area contributed by atoms with E-state index >= 15 is 0 Å². The smallest absolute Gasteiger partial charge is 0.255 e. The first-order valence-corrected chi connectivity index (χ1v) is 9.32. The van der Waals surface area contributed by atoms with E-state index in [2.05, 4.69) is 15.6 Å². The highest BCUT2D eigenvalue weighted by atomic mass is 35.5. The molecule has 2 aromatic carbocycles. The van der Waals surface area contributed by atoms with Crippen molar-refractivity contribution in [3.05, 3.63) is 52.5 Å². The average molecular weight is 388 g/mol. The van der Waals surface area contributed by atoms with Gasteiger partial charge in [-0.2, -0.15) is 0 Å². The monoisotopic (exact) mass is 387 g/mol. The van der Waals surface area contributed by atoms with Gasteiger partial charge in [-0.25, -0.2) is 4.98 Å². The summed E-state index contributed by atoms with van der Waals surface area (Å²) in [5.41, 5.74) is 2.73. The predicted molar refractivity (Wildman–Crippen MR) is 107 cm³/mol. The Labute approximate surface area is 160 Å². The number of rotatable bonds is 4. The molecule has 26 heavy (non-hydrogen) atoms. The first-order valence-electron chi connectivity index (χ1n) is 8.13. The van der Waals surface area contributed by atoms with Gasteiger partial charge in [0.2, 0.25) is 5.91 Å². The number of halogens is 1. The quantitative estimate of drug-likeness (QED) is 0.653. The van der Waals surface area contributed by atoms with Gasteiger partial charge in [-0.1, -0.05) is 48.9 Å². The molecule has 3 rings (SSSR count). The molecule has 1 heterocycles. The summed E-state index contributed by atoms with van der Waals surface area (Å²) in [4.78, 5) is 28.8. The molecule has 1 aromatic heterocycles. The van der Waals surface area contributed by atoms with Crippen molar-refractivity contribution < 1.29 is 9.59 Å². The number of hydrogen-bond acceptors (Lipinski definition) is 4. The van der Waals surface area contributed by atoms with Gasteiger partial charge in [0.1, 0.15) is 0 Å². The van der Waals surface area contributed by atoms with Crippen LogP contribution in [0.15, 0.2) is 36.4 Å². The first-order chi connectivity index (χ1) is 12.3. The zero-order valence-electron chi connectivity index (χ0n) is 14.6. The van der Waals surface area contributed by atoms with Gasteiger partial charge in [-0.3, -0.25) is 9.59 Å². The van der Waals surface area contributed by atoms with Gasteiger partial charge in [-0.05, 0) is 36.8 Å². The number of carbonyl (C=O) groups excluding carboxylic acids is 2. The van der Waals surface area contributed by atoms with E-state index < -0.39 is 0 Å². The highest BCUT2D eigenvalue weighted by Gasteiger charge is 2.14. The van der Waals surface area contributed by atoms with Crippen LogP contribution in [0, 0.1) is 12.8 Å². The molecule has 0 aliphatic carbocycles. The van der Waals surface area contributed by atoms with E-state index in [4.69, 9.17) is 11.6 Å². The van der Waals surface area contributed by atoms with E-state index in [-0.39, 0.29) is 17.7 Å². The van der Waals surface area contributed by atoms with Crippen molar-refractivity contribution in [1.29, 1.82) is 0 Å². The molecular formula is C19H18ClN3O2S. The van der Waals surface area contributed by atoms with Crippen LogP contribution in [-0.4, -0.2) is 16.8 Å². The van der Waals surface area contributed by atoms with Crippen LogP contribution in [0.25, 0.3) is 10.2 Å². The summed E-state index contributed by atoms with van der Waals surface area (Å²) in [6.45, 7) is 5.53. The van der Waals surface area contributed by atoms with Crippen LogP contribution in [0.3, 0.4) is 0 Å². The second-order valence-electron chi connectivity index (χ2n) is 6.23. The molecule has 2 amide bonds. The lowest BCUT2D eigenvalue weighted by Crippen LogP contribution is -2.17. The Hall–Kier alpha value is -2.44. The van der Waals surface area contributed by atoms with Gasteiger partial charge in [-0.15, -0.1) is 0 Å². The Morgan fingerprint density at radius 3 is 2.62 bits per heavy atom. The lowest BCUT2D eigenvalue weighted by molar-refractivity contribution is -0.118. The summed E-state index contributed by atoms with van der Waals surface area (Å²) >= 11 is 7.51. The van der Waals surface area contributed by atoms with Crippen molar-refractivity contribution in [2.75, 3.05) is 10.6 Å². The maximum Gasteiger partial charge on any atom is 0.255 e. The molecule has 7 heteroatoms. The minimum atomic E-state index is -0.246. The fourth-order valence-electron chi connectivity index (χ4n) is 2.35. The molecule has 5 nitrogen and oxygen atoms in total. The van der Waals surface area contributed by atoms with E-state index in [1.807, 2.05) is 32.9 Å². The Morgan fingerprint density at radius 1 is 1.15 bits per heavy atom. The van der Waals surface area contributed by atoms with E-state index in [1.165, 1.54) is 11.3 Å². The molecule has 3 aromatic rings. The van der Waals surface area contributed by atoms with E-state index in [9.17, 15) is 9.59 Å². The number of aromatic nitrogens is 1. The normalized spacial score (nSPS) is 11.0. The minimum Gasteiger partial charge on any atom is -0.320 e. The highest BCUT2D eigenvalue weighted by Crippen LogP contribution is 2.29. The Balaban J connectivity index is 1.84. The lowest BCUT2D eigenvalue weighted by Gasteiger charge is -2.10. The molecule has 0 saturated carbocycles. The molecule has 2 N–H and O–H groups in total. The van der Waals surface area contributed by atoms with Crippen LogP contribution in [-0.2, 0) is 4.79 Å². The zero-order chi connectivity index (χ0) is 18.8. The summed E-state index contributed by atoms with van der Waals surface area (Å²) in [6, 6.07) is 10.7. The number of anilines is 2. The number of nitrogens with zero attached hydrogens (tertiary/aromatic N) is 1. The topological polar surface area (TPSA) is 71.1 Å². The van der Waals surface area contributed by atoms with Crippen molar-refractivity contribution in [3.63, 3.8) is 0 Å². The molecule has 0 fully saturated rings. The molecule has 134 valence electrons. The second-order valence-corrected chi connectivity index (χ2v) is 7.67. The molecule has 0 spiro atoms. The molecular weight excluding hydrogens is 370 g/mol. The molecule has 0 aliphatic rings. The van der Waals surface area contributed by atoms with E-state index in [0.717, 1.165) is 15.8 Å². The number of para-hydroxylation sites is 1. The number of carbonyl (C=O) groups is 2. The standard InChI is InChI=1S/C19H18ClN3O2S/c1-10(2)17(24)23-19-21-14-8-7-12(9-15(14)26-19)18(25)22-16-11(3)5-4-6-13(16)20/h4-10H,1-3H3,(H,22,25)(H,21,23,24). The Kier molecular flexibility index (Phi) is 5.25. The number of fused-ring (bicyclic) bond motifs is 1. The van der Waals surface area contributed by atoms with Crippen molar-refractivity contribution in [3.8, 4) is 0 Å². The maximum atomic E-state index is 12.6. The summed E-state index contributed by atoms with van der Waals surface area (Å²) in [7, 11) is 0. The third-order valence-corrected chi connectivity index (χ3v) is 5.11.